The third-order valence-electron chi connectivity index (χ3n) is 2.26. The van der Waals surface area contributed by atoms with Crippen LogP contribution in [0, 0.1) is 0 Å². The van der Waals surface area contributed by atoms with E-state index >= 15 is 0 Å². The first kappa shape index (κ1) is 14.4. The zero-order chi connectivity index (χ0) is 14.6. The molecule has 0 aliphatic rings. The molecular formula is C11H12N4O3S2. The molecular weight excluding hydrogens is 300 g/mol. The third-order valence-corrected chi connectivity index (χ3v) is 5.37. The SMILES string of the molecule is C=CCS(=O)(=O)c1cnc(NC(=O)Cn2ccnc2)s1. The van der Waals surface area contributed by atoms with E-state index in [0.717, 1.165) is 11.3 Å². The number of imidazole rings is 1. The quantitative estimate of drug-likeness (QED) is 0.801. The van der Waals surface area contributed by atoms with Crippen molar-refractivity contribution in [3.8, 4) is 0 Å². The van der Waals surface area contributed by atoms with Crippen LogP contribution in [-0.4, -0.2) is 34.6 Å². The largest absolute Gasteiger partial charge is 0.328 e. The van der Waals surface area contributed by atoms with E-state index in [1.54, 1.807) is 17.0 Å². The summed E-state index contributed by atoms with van der Waals surface area (Å²) in [4.78, 5) is 19.4. The molecule has 0 aliphatic heterocycles. The molecule has 9 heteroatoms. The Labute approximate surface area is 119 Å². The van der Waals surface area contributed by atoms with Crippen molar-refractivity contribution >= 4 is 32.2 Å². The number of carbonyl (C=O) groups excluding carboxylic acids is 1. The van der Waals surface area contributed by atoms with Crippen LogP contribution >= 0.6 is 11.3 Å². The molecule has 0 atom stereocenters. The van der Waals surface area contributed by atoms with Crippen LogP contribution in [0.4, 0.5) is 5.13 Å². The summed E-state index contributed by atoms with van der Waals surface area (Å²) >= 11 is 0.917. The van der Waals surface area contributed by atoms with Gasteiger partial charge in [-0.2, -0.15) is 0 Å². The highest BCUT2D eigenvalue weighted by atomic mass is 32.2. The maximum atomic E-state index is 11.8. The number of hydrogen-bond acceptors (Lipinski definition) is 6. The maximum absolute atomic E-state index is 11.8. The summed E-state index contributed by atoms with van der Waals surface area (Å²) in [5.74, 6) is -0.456. The Kier molecular flexibility index (Phi) is 4.30. The standard InChI is InChI=1S/C11H12N4O3S2/c1-2-5-20(17,18)10-6-13-11(19-10)14-9(16)7-15-4-3-12-8-15/h2-4,6,8H,1,5,7H2,(H,13,14,16). The first-order chi connectivity index (χ1) is 9.51. The molecule has 2 rings (SSSR count). The van der Waals surface area contributed by atoms with Gasteiger partial charge in [0.15, 0.2) is 15.0 Å². The first-order valence-electron chi connectivity index (χ1n) is 5.56. The number of sulfone groups is 1. The summed E-state index contributed by atoms with van der Waals surface area (Å²) < 4.78 is 25.2. The molecule has 106 valence electrons. The van der Waals surface area contributed by atoms with Gasteiger partial charge in [-0.05, 0) is 0 Å². The second kappa shape index (κ2) is 5.97. The highest BCUT2D eigenvalue weighted by molar-refractivity contribution is 7.93. The number of rotatable bonds is 6. The fourth-order valence-corrected chi connectivity index (χ4v) is 3.61. The summed E-state index contributed by atoms with van der Waals surface area (Å²) in [6.45, 7) is 3.49. The van der Waals surface area contributed by atoms with Crippen molar-refractivity contribution in [3.05, 3.63) is 37.6 Å². The molecule has 0 saturated heterocycles. The van der Waals surface area contributed by atoms with Crippen LogP contribution in [0.1, 0.15) is 0 Å². The van der Waals surface area contributed by atoms with Gasteiger partial charge in [-0.1, -0.05) is 17.4 Å². The maximum Gasteiger partial charge on any atom is 0.246 e. The monoisotopic (exact) mass is 312 g/mol. The van der Waals surface area contributed by atoms with E-state index in [1.807, 2.05) is 0 Å². The number of amides is 1. The lowest BCUT2D eigenvalue weighted by Gasteiger charge is -2.01. The normalized spacial score (nSPS) is 11.2. The molecule has 0 fully saturated rings. The fraction of sp³-hybridized carbons (Fsp3) is 0.182. The second-order valence-corrected chi connectivity index (χ2v) is 7.13. The van der Waals surface area contributed by atoms with Gasteiger partial charge in [0.05, 0.1) is 18.3 Å². The van der Waals surface area contributed by atoms with Crippen LogP contribution in [-0.2, 0) is 21.2 Å². The van der Waals surface area contributed by atoms with Crippen LogP contribution in [0.15, 0.2) is 41.8 Å². The molecule has 1 amide bonds. The first-order valence-corrected chi connectivity index (χ1v) is 8.03. The smallest absolute Gasteiger partial charge is 0.246 e. The molecule has 0 aromatic carbocycles. The molecule has 0 bridgehead atoms. The summed E-state index contributed by atoms with van der Waals surface area (Å²) in [5, 5.41) is 2.79. The number of thiazole rings is 1. The van der Waals surface area contributed by atoms with Crippen molar-refractivity contribution in [1.82, 2.24) is 14.5 Å². The van der Waals surface area contributed by atoms with Crippen LogP contribution in [0.2, 0.25) is 0 Å². The minimum Gasteiger partial charge on any atom is -0.328 e. The van der Waals surface area contributed by atoms with Gasteiger partial charge in [0.1, 0.15) is 10.8 Å². The molecule has 2 aromatic rings. The Morgan fingerprint density at radius 2 is 2.35 bits per heavy atom. The van der Waals surface area contributed by atoms with Gasteiger partial charge in [-0.15, -0.1) is 6.58 Å². The number of hydrogen-bond donors (Lipinski definition) is 1. The van der Waals surface area contributed by atoms with E-state index in [9.17, 15) is 13.2 Å². The van der Waals surface area contributed by atoms with Crippen LogP contribution < -0.4 is 5.32 Å². The second-order valence-electron chi connectivity index (χ2n) is 3.84. The lowest BCUT2D eigenvalue weighted by molar-refractivity contribution is -0.116. The van der Waals surface area contributed by atoms with Gasteiger partial charge in [-0.25, -0.2) is 18.4 Å². The minimum absolute atomic E-state index is 0.0916. The zero-order valence-electron chi connectivity index (χ0n) is 10.4. The molecule has 7 nitrogen and oxygen atoms in total. The summed E-state index contributed by atoms with van der Waals surface area (Å²) in [6.07, 6.45) is 7.28. The van der Waals surface area contributed by atoms with Gasteiger partial charge < -0.3 is 9.88 Å². The van der Waals surface area contributed by atoms with E-state index in [0.29, 0.717) is 0 Å². The topological polar surface area (TPSA) is 94.0 Å². The Morgan fingerprint density at radius 3 is 3.00 bits per heavy atom. The van der Waals surface area contributed by atoms with Crippen molar-refractivity contribution in [1.29, 1.82) is 0 Å². The molecule has 0 radical (unpaired) electrons. The Hall–Kier alpha value is -2.00. The molecule has 2 heterocycles. The van der Waals surface area contributed by atoms with Crippen molar-refractivity contribution < 1.29 is 13.2 Å². The van der Waals surface area contributed by atoms with Crippen molar-refractivity contribution in [2.24, 2.45) is 0 Å². The predicted molar refractivity (Wildman–Crippen MR) is 75.2 cm³/mol. The van der Waals surface area contributed by atoms with Crippen molar-refractivity contribution in [2.75, 3.05) is 11.1 Å². The molecule has 1 N–H and O–H groups in total. The number of carbonyl (C=O) groups is 1. The molecule has 20 heavy (non-hydrogen) atoms. The van der Waals surface area contributed by atoms with Gasteiger partial charge in [0.2, 0.25) is 5.91 Å². The lowest BCUT2D eigenvalue weighted by Crippen LogP contribution is -2.17. The van der Waals surface area contributed by atoms with Gasteiger partial charge in [-0.3, -0.25) is 4.79 Å². The Balaban J connectivity index is 2.03. The van der Waals surface area contributed by atoms with Crippen LogP contribution in [0.5, 0.6) is 0 Å². The number of nitrogens with zero attached hydrogens (tertiary/aromatic N) is 3. The third kappa shape index (κ3) is 3.52. The molecule has 0 saturated carbocycles. The van der Waals surface area contributed by atoms with Crippen molar-refractivity contribution in [3.63, 3.8) is 0 Å². The number of aromatic nitrogens is 3. The van der Waals surface area contributed by atoms with Gasteiger partial charge >= 0.3 is 0 Å². The average molecular weight is 312 g/mol. The Bertz CT molecular complexity index is 704. The summed E-state index contributed by atoms with van der Waals surface area (Å²) in [7, 11) is -3.40. The van der Waals surface area contributed by atoms with E-state index in [1.165, 1.54) is 18.6 Å². The number of nitrogens with one attached hydrogen (secondary N) is 1. The zero-order valence-corrected chi connectivity index (χ0v) is 12.0. The van der Waals surface area contributed by atoms with E-state index < -0.39 is 9.84 Å². The van der Waals surface area contributed by atoms with Crippen molar-refractivity contribution in [2.45, 2.75) is 10.8 Å². The Morgan fingerprint density at radius 1 is 1.55 bits per heavy atom. The molecule has 0 aliphatic carbocycles. The van der Waals surface area contributed by atoms with E-state index in [-0.39, 0.29) is 27.5 Å². The average Bonchev–Trinajstić information content (AvgIpc) is 3.00. The molecule has 2 aromatic heterocycles. The lowest BCUT2D eigenvalue weighted by atomic mass is 10.6. The highest BCUT2D eigenvalue weighted by Gasteiger charge is 2.17. The minimum atomic E-state index is -3.40. The highest BCUT2D eigenvalue weighted by Crippen LogP contribution is 2.23. The van der Waals surface area contributed by atoms with Gasteiger partial charge in [0.25, 0.3) is 0 Å². The van der Waals surface area contributed by atoms with E-state index in [4.69, 9.17) is 0 Å². The number of anilines is 1. The predicted octanol–water partition coefficient (Wildman–Crippen LogP) is 0.938. The van der Waals surface area contributed by atoms with E-state index in [2.05, 4.69) is 21.9 Å². The summed E-state index contributed by atoms with van der Waals surface area (Å²) in [5.41, 5.74) is 0. The fourth-order valence-electron chi connectivity index (χ4n) is 1.40. The molecule has 0 spiro atoms. The summed E-state index contributed by atoms with van der Waals surface area (Å²) in [6, 6.07) is 0. The van der Waals surface area contributed by atoms with Crippen LogP contribution in [0.3, 0.4) is 0 Å². The van der Waals surface area contributed by atoms with Gasteiger partial charge in [0, 0.05) is 12.4 Å². The molecule has 0 unspecified atom stereocenters. The van der Waals surface area contributed by atoms with Crippen LogP contribution in [0.25, 0.3) is 0 Å².